The third-order valence-electron chi connectivity index (χ3n) is 2.84. The molecule has 0 radical (unpaired) electrons. The first kappa shape index (κ1) is 13.3. The van der Waals surface area contributed by atoms with Crippen molar-refractivity contribution in [2.24, 2.45) is 0 Å². The molecule has 0 aromatic heterocycles. The zero-order chi connectivity index (χ0) is 13.1. The second-order valence-corrected chi connectivity index (χ2v) is 4.13. The Balaban J connectivity index is 2.08. The minimum atomic E-state index is -1.43. The zero-order valence-corrected chi connectivity index (χ0v) is 9.59. The lowest BCUT2D eigenvalue weighted by Crippen LogP contribution is -2.60. The van der Waals surface area contributed by atoms with Crippen molar-refractivity contribution in [2.75, 3.05) is 6.61 Å². The maximum absolute atomic E-state index is 9.74. The highest BCUT2D eigenvalue weighted by Gasteiger charge is 2.44. The lowest BCUT2D eigenvalue weighted by Gasteiger charge is -2.39. The van der Waals surface area contributed by atoms with Crippen LogP contribution in [0.15, 0.2) is 30.3 Å². The topological polar surface area (TPSA) is 99.4 Å². The normalized spacial score (nSPS) is 36.3. The molecule has 5 atom stereocenters. The fraction of sp³-hybridized carbons (Fsp3) is 0.500. The molecule has 6 nitrogen and oxygen atoms in total. The molecule has 1 unspecified atom stereocenters. The standard InChI is InChI=1S/C12H16O6/c13-6-8-9(14)10(15)11(16)12(18-8)17-7-4-2-1-3-5-7/h1-5,8-16H,6H2/t8-,9-,10-,11+,12?/m1/s1. The Labute approximate surface area is 104 Å². The van der Waals surface area contributed by atoms with E-state index in [2.05, 4.69) is 0 Å². The summed E-state index contributed by atoms with van der Waals surface area (Å²) < 4.78 is 10.6. The van der Waals surface area contributed by atoms with Gasteiger partial charge in [-0.15, -0.1) is 0 Å². The molecule has 4 N–H and O–H groups in total. The van der Waals surface area contributed by atoms with Gasteiger partial charge in [-0.25, -0.2) is 0 Å². The molecule has 0 aliphatic carbocycles. The first-order chi connectivity index (χ1) is 8.63. The van der Waals surface area contributed by atoms with Crippen LogP contribution in [0.25, 0.3) is 0 Å². The van der Waals surface area contributed by atoms with E-state index >= 15 is 0 Å². The molecule has 1 aliphatic heterocycles. The molecule has 1 fully saturated rings. The van der Waals surface area contributed by atoms with E-state index in [1.54, 1.807) is 30.3 Å². The largest absolute Gasteiger partial charge is 0.462 e. The van der Waals surface area contributed by atoms with Gasteiger partial charge in [-0.05, 0) is 12.1 Å². The molecular formula is C12H16O6. The summed E-state index contributed by atoms with van der Waals surface area (Å²) in [4.78, 5) is 0. The van der Waals surface area contributed by atoms with Crippen LogP contribution in [0.1, 0.15) is 0 Å². The summed E-state index contributed by atoms with van der Waals surface area (Å²) in [6.45, 7) is -0.473. The van der Waals surface area contributed by atoms with Crippen molar-refractivity contribution in [1.82, 2.24) is 0 Å². The molecule has 0 amide bonds. The van der Waals surface area contributed by atoms with Gasteiger partial charge < -0.3 is 29.9 Å². The molecule has 100 valence electrons. The first-order valence-electron chi connectivity index (χ1n) is 5.65. The molecule has 2 rings (SSSR count). The van der Waals surface area contributed by atoms with Crippen molar-refractivity contribution in [3.05, 3.63) is 30.3 Å². The second-order valence-electron chi connectivity index (χ2n) is 4.13. The third kappa shape index (κ3) is 2.63. The average Bonchev–Trinajstić information content (AvgIpc) is 2.40. The van der Waals surface area contributed by atoms with Crippen molar-refractivity contribution in [1.29, 1.82) is 0 Å². The number of aliphatic hydroxyl groups excluding tert-OH is 4. The summed E-state index contributed by atoms with van der Waals surface area (Å²) in [6.07, 6.45) is -6.28. The predicted octanol–water partition coefficient (Wildman–Crippen LogP) is -1.13. The Morgan fingerprint density at radius 3 is 2.28 bits per heavy atom. The van der Waals surface area contributed by atoms with E-state index in [9.17, 15) is 15.3 Å². The number of rotatable bonds is 3. The van der Waals surface area contributed by atoms with Gasteiger partial charge in [0.1, 0.15) is 30.2 Å². The van der Waals surface area contributed by atoms with Gasteiger partial charge in [-0.2, -0.15) is 0 Å². The SMILES string of the molecule is OC[C@H]1OC(Oc2ccccc2)[C@@H](O)[C@H](O)[C@@H]1O. The Morgan fingerprint density at radius 2 is 1.67 bits per heavy atom. The van der Waals surface area contributed by atoms with E-state index in [1.807, 2.05) is 0 Å². The van der Waals surface area contributed by atoms with E-state index in [1.165, 1.54) is 0 Å². The van der Waals surface area contributed by atoms with Crippen LogP contribution in [0.3, 0.4) is 0 Å². The molecule has 0 saturated carbocycles. The Kier molecular flexibility index (Phi) is 4.15. The molecule has 1 aliphatic rings. The summed E-state index contributed by atoms with van der Waals surface area (Å²) >= 11 is 0. The third-order valence-corrected chi connectivity index (χ3v) is 2.84. The number of ether oxygens (including phenoxy) is 2. The summed E-state index contributed by atoms with van der Waals surface area (Å²) in [6, 6.07) is 8.64. The van der Waals surface area contributed by atoms with E-state index in [0.29, 0.717) is 5.75 Å². The molecule has 1 saturated heterocycles. The van der Waals surface area contributed by atoms with Crippen LogP contribution in [0, 0.1) is 0 Å². The van der Waals surface area contributed by atoms with Gasteiger partial charge in [0.2, 0.25) is 6.29 Å². The number of hydrogen-bond acceptors (Lipinski definition) is 6. The average molecular weight is 256 g/mol. The fourth-order valence-electron chi connectivity index (χ4n) is 1.80. The summed E-state index contributed by atoms with van der Waals surface area (Å²) in [5.41, 5.74) is 0. The van der Waals surface area contributed by atoms with Crippen molar-refractivity contribution in [3.8, 4) is 5.75 Å². The molecule has 18 heavy (non-hydrogen) atoms. The molecular weight excluding hydrogens is 240 g/mol. The van der Waals surface area contributed by atoms with E-state index in [-0.39, 0.29) is 0 Å². The highest BCUT2D eigenvalue weighted by molar-refractivity contribution is 5.21. The van der Waals surface area contributed by atoms with E-state index < -0.39 is 37.3 Å². The summed E-state index contributed by atoms with van der Waals surface area (Å²) in [7, 11) is 0. The van der Waals surface area contributed by atoms with E-state index in [4.69, 9.17) is 14.6 Å². The number of hydrogen-bond donors (Lipinski definition) is 4. The molecule has 0 spiro atoms. The predicted molar refractivity (Wildman–Crippen MR) is 60.8 cm³/mol. The molecule has 1 aromatic rings. The maximum Gasteiger partial charge on any atom is 0.229 e. The minimum absolute atomic E-state index is 0.460. The number of benzene rings is 1. The van der Waals surface area contributed by atoms with Gasteiger partial charge in [0.05, 0.1) is 6.61 Å². The van der Waals surface area contributed by atoms with Crippen molar-refractivity contribution in [3.63, 3.8) is 0 Å². The van der Waals surface area contributed by atoms with Crippen LogP contribution < -0.4 is 4.74 Å². The lowest BCUT2D eigenvalue weighted by atomic mass is 9.99. The van der Waals surface area contributed by atoms with Gasteiger partial charge in [0.15, 0.2) is 0 Å². The van der Waals surface area contributed by atoms with Gasteiger partial charge in [-0.3, -0.25) is 0 Å². The van der Waals surface area contributed by atoms with Crippen LogP contribution in [0.4, 0.5) is 0 Å². The minimum Gasteiger partial charge on any atom is -0.462 e. The van der Waals surface area contributed by atoms with Gasteiger partial charge in [0, 0.05) is 0 Å². The van der Waals surface area contributed by atoms with Crippen LogP contribution >= 0.6 is 0 Å². The Morgan fingerprint density at radius 1 is 1.00 bits per heavy atom. The summed E-state index contributed by atoms with van der Waals surface area (Å²) in [5.74, 6) is 0.460. The molecule has 1 heterocycles. The smallest absolute Gasteiger partial charge is 0.229 e. The highest BCUT2D eigenvalue weighted by atomic mass is 16.7. The van der Waals surface area contributed by atoms with Crippen molar-refractivity contribution < 1.29 is 29.9 Å². The summed E-state index contributed by atoms with van der Waals surface area (Å²) in [5, 5.41) is 37.9. The number of para-hydroxylation sites is 1. The van der Waals surface area contributed by atoms with Gasteiger partial charge >= 0.3 is 0 Å². The quantitative estimate of drug-likeness (QED) is 0.546. The van der Waals surface area contributed by atoms with Crippen LogP contribution in [-0.2, 0) is 4.74 Å². The Hall–Kier alpha value is -1.18. The monoisotopic (exact) mass is 256 g/mol. The van der Waals surface area contributed by atoms with Crippen LogP contribution in [-0.4, -0.2) is 57.7 Å². The van der Waals surface area contributed by atoms with E-state index in [0.717, 1.165) is 0 Å². The molecule has 1 aromatic carbocycles. The van der Waals surface area contributed by atoms with Gasteiger partial charge in [-0.1, -0.05) is 18.2 Å². The van der Waals surface area contributed by atoms with Crippen LogP contribution in [0.5, 0.6) is 5.75 Å². The first-order valence-corrected chi connectivity index (χ1v) is 5.65. The Bertz CT molecular complexity index is 368. The highest BCUT2D eigenvalue weighted by Crippen LogP contribution is 2.23. The van der Waals surface area contributed by atoms with Crippen LogP contribution in [0.2, 0.25) is 0 Å². The van der Waals surface area contributed by atoms with Crippen molar-refractivity contribution >= 4 is 0 Å². The lowest BCUT2D eigenvalue weighted by molar-refractivity contribution is -0.277. The molecule has 6 heteroatoms. The zero-order valence-electron chi connectivity index (χ0n) is 9.59. The van der Waals surface area contributed by atoms with Gasteiger partial charge in [0.25, 0.3) is 0 Å². The molecule has 0 bridgehead atoms. The number of aliphatic hydroxyl groups is 4. The maximum atomic E-state index is 9.74. The fourth-order valence-corrected chi connectivity index (χ4v) is 1.80. The second kappa shape index (κ2) is 5.64. The van der Waals surface area contributed by atoms with Crippen molar-refractivity contribution in [2.45, 2.75) is 30.7 Å².